The Labute approximate surface area is 244 Å². The van der Waals surface area contributed by atoms with Gasteiger partial charge in [0.1, 0.15) is 17.9 Å². The van der Waals surface area contributed by atoms with E-state index >= 15 is 0 Å². The number of rotatable bonds is 11. The number of aromatic nitrogens is 3. The lowest BCUT2D eigenvalue weighted by Gasteiger charge is -2.34. The van der Waals surface area contributed by atoms with Crippen molar-refractivity contribution in [2.75, 3.05) is 26.4 Å². The van der Waals surface area contributed by atoms with Crippen molar-refractivity contribution in [2.24, 2.45) is 0 Å². The van der Waals surface area contributed by atoms with Gasteiger partial charge in [-0.25, -0.2) is 9.78 Å². The zero-order valence-electron chi connectivity index (χ0n) is 24.1. The molecular weight excluding hydrogens is 536 g/mol. The number of para-hydroxylation sites is 1. The molecule has 0 unspecified atom stereocenters. The molecule has 0 aliphatic carbocycles. The van der Waals surface area contributed by atoms with Gasteiger partial charge in [0.2, 0.25) is 5.88 Å². The third-order valence-corrected chi connectivity index (χ3v) is 7.82. The Morgan fingerprint density at radius 3 is 2.57 bits per heavy atom. The topological polar surface area (TPSA) is 130 Å². The zero-order valence-corrected chi connectivity index (χ0v) is 24.1. The summed E-state index contributed by atoms with van der Waals surface area (Å²) in [5.41, 5.74) is 7.21. The van der Waals surface area contributed by atoms with E-state index in [2.05, 4.69) is 29.1 Å². The Balaban J connectivity index is 1.41. The molecule has 42 heavy (non-hydrogen) atoms. The van der Waals surface area contributed by atoms with Gasteiger partial charge >= 0.3 is 5.97 Å². The molecule has 2 aromatic heterocycles. The second-order valence-corrected chi connectivity index (χ2v) is 10.4. The molecule has 10 nitrogen and oxygen atoms in total. The summed E-state index contributed by atoms with van der Waals surface area (Å²) in [6, 6.07) is 15.4. The van der Waals surface area contributed by atoms with Crippen LogP contribution in [0.3, 0.4) is 0 Å². The van der Waals surface area contributed by atoms with Gasteiger partial charge in [0, 0.05) is 18.7 Å². The molecule has 3 N–H and O–H groups in total. The monoisotopic (exact) mass is 572 g/mol. The van der Waals surface area contributed by atoms with Gasteiger partial charge in [-0.05, 0) is 73.2 Å². The zero-order chi connectivity index (χ0) is 29.8. The maximum atomic E-state index is 11.7. The van der Waals surface area contributed by atoms with Crippen LogP contribution in [0, 0.1) is 13.8 Å². The summed E-state index contributed by atoms with van der Waals surface area (Å²) in [5, 5.41) is 33.0. The SMILES string of the molecule is CCOc1c(C(=O)O)cnn1-c1cccc(-c2cccc(C)c2OCc2ccc3c(c2C)CCN(C(CO)CO)C3)n1. The summed E-state index contributed by atoms with van der Waals surface area (Å²) in [7, 11) is 0. The van der Waals surface area contributed by atoms with Crippen LogP contribution in [-0.4, -0.2) is 73.4 Å². The van der Waals surface area contributed by atoms with Gasteiger partial charge in [-0.3, -0.25) is 4.90 Å². The molecule has 0 spiro atoms. The predicted octanol–water partition coefficient (Wildman–Crippen LogP) is 3.94. The van der Waals surface area contributed by atoms with Gasteiger partial charge in [0.15, 0.2) is 5.82 Å². The normalized spacial score (nSPS) is 13.3. The molecule has 1 aliphatic rings. The highest BCUT2D eigenvalue weighted by molar-refractivity contribution is 5.90. The smallest absolute Gasteiger partial charge is 0.342 e. The average Bonchev–Trinajstić information content (AvgIpc) is 3.42. The number of fused-ring (bicyclic) bond motifs is 1. The van der Waals surface area contributed by atoms with Crippen molar-refractivity contribution >= 4 is 5.97 Å². The lowest BCUT2D eigenvalue weighted by molar-refractivity contribution is 0.0649. The van der Waals surface area contributed by atoms with Gasteiger partial charge in [0.05, 0.1) is 37.8 Å². The van der Waals surface area contributed by atoms with E-state index in [4.69, 9.17) is 14.5 Å². The first kappa shape index (κ1) is 29.2. The molecule has 0 saturated heterocycles. The van der Waals surface area contributed by atoms with E-state index in [0.717, 1.165) is 35.4 Å². The number of carboxylic acid groups (broad SMARTS) is 1. The number of aryl methyl sites for hydroxylation is 1. The van der Waals surface area contributed by atoms with E-state index in [0.29, 0.717) is 24.7 Å². The van der Waals surface area contributed by atoms with Crippen LogP contribution in [0.1, 0.15) is 45.1 Å². The highest BCUT2D eigenvalue weighted by Gasteiger charge is 2.25. The largest absolute Gasteiger partial charge is 0.488 e. The van der Waals surface area contributed by atoms with Gasteiger partial charge in [-0.2, -0.15) is 9.78 Å². The van der Waals surface area contributed by atoms with E-state index in [-0.39, 0.29) is 37.3 Å². The van der Waals surface area contributed by atoms with Crippen molar-refractivity contribution in [3.05, 3.63) is 88.1 Å². The molecule has 0 bridgehead atoms. The predicted molar refractivity (Wildman–Crippen MR) is 157 cm³/mol. The molecule has 2 aromatic carbocycles. The summed E-state index contributed by atoms with van der Waals surface area (Å²) in [5.74, 6) is 0.158. The molecule has 4 aromatic rings. The summed E-state index contributed by atoms with van der Waals surface area (Å²) in [6.45, 7) is 7.92. The van der Waals surface area contributed by atoms with Gasteiger partial charge in [0.25, 0.3) is 0 Å². The second kappa shape index (κ2) is 12.7. The Morgan fingerprint density at radius 2 is 1.83 bits per heavy atom. The van der Waals surface area contributed by atoms with Gasteiger partial charge < -0.3 is 24.8 Å². The average molecular weight is 573 g/mol. The Kier molecular flexibility index (Phi) is 8.86. The summed E-state index contributed by atoms with van der Waals surface area (Å²) in [4.78, 5) is 18.6. The van der Waals surface area contributed by atoms with Crippen LogP contribution in [0.25, 0.3) is 17.1 Å². The minimum absolute atomic E-state index is 0.0293. The van der Waals surface area contributed by atoms with E-state index in [1.54, 1.807) is 13.0 Å². The van der Waals surface area contributed by atoms with Crippen LogP contribution in [0.4, 0.5) is 0 Å². The number of aliphatic hydroxyl groups excluding tert-OH is 2. The van der Waals surface area contributed by atoms with E-state index in [1.165, 1.54) is 27.6 Å². The highest BCUT2D eigenvalue weighted by atomic mass is 16.5. The number of carboxylic acids is 1. The third kappa shape index (κ3) is 5.74. The highest BCUT2D eigenvalue weighted by Crippen LogP contribution is 2.34. The number of hydrogen-bond acceptors (Lipinski definition) is 8. The molecule has 0 amide bonds. The number of nitrogens with zero attached hydrogens (tertiary/aromatic N) is 4. The number of aromatic carboxylic acids is 1. The Bertz CT molecular complexity index is 1580. The van der Waals surface area contributed by atoms with E-state index in [9.17, 15) is 20.1 Å². The number of ether oxygens (including phenoxy) is 2. The number of hydrogen-bond donors (Lipinski definition) is 3. The summed E-state index contributed by atoms with van der Waals surface area (Å²) in [6.07, 6.45) is 2.11. The van der Waals surface area contributed by atoms with Crippen LogP contribution in [0.15, 0.2) is 54.7 Å². The first-order valence-corrected chi connectivity index (χ1v) is 14.1. The molecule has 10 heteroatoms. The van der Waals surface area contributed by atoms with Crippen molar-refractivity contribution in [2.45, 2.75) is 46.4 Å². The van der Waals surface area contributed by atoms with Crippen LogP contribution >= 0.6 is 0 Å². The fraction of sp³-hybridized carbons (Fsp3) is 0.344. The maximum Gasteiger partial charge on any atom is 0.342 e. The van der Waals surface area contributed by atoms with Gasteiger partial charge in [-0.1, -0.05) is 30.3 Å². The molecule has 0 fully saturated rings. The molecule has 0 saturated carbocycles. The van der Waals surface area contributed by atoms with Crippen molar-refractivity contribution in [1.29, 1.82) is 0 Å². The fourth-order valence-corrected chi connectivity index (χ4v) is 5.48. The molecule has 0 atom stereocenters. The van der Waals surface area contributed by atoms with Crippen LogP contribution < -0.4 is 9.47 Å². The summed E-state index contributed by atoms with van der Waals surface area (Å²) >= 11 is 0. The van der Waals surface area contributed by atoms with Crippen LogP contribution in [0.5, 0.6) is 11.6 Å². The molecule has 5 rings (SSSR count). The lowest BCUT2D eigenvalue weighted by Crippen LogP contribution is -2.43. The molecule has 1 aliphatic heterocycles. The molecular formula is C32H36N4O6. The van der Waals surface area contributed by atoms with E-state index < -0.39 is 5.97 Å². The van der Waals surface area contributed by atoms with Crippen molar-refractivity contribution in [3.8, 4) is 28.7 Å². The minimum atomic E-state index is -1.12. The van der Waals surface area contributed by atoms with Crippen molar-refractivity contribution < 1.29 is 29.6 Å². The minimum Gasteiger partial charge on any atom is -0.488 e. The van der Waals surface area contributed by atoms with Crippen LogP contribution in [0.2, 0.25) is 0 Å². The number of pyridine rings is 1. The van der Waals surface area contributed by atoms with Crippen molar-refractivity contribution in [3.63, 3.8) is 0 Å². The number of aliphatic hydroxyl groups is 2. The summed E-state index contributed by atoms with van der Waals surface area (Å²) < 4.78 is 13.5. The third-order valence-electron chi connectivity index (χ3n) is 7.82. The standard InChI is InChI=1S/C32H36N4O6/c1-4-41-31-27(32(39)40)15-33-36(31)29-10-6-9-28(34-29)26-8-5-7-20(2)30(26)42-19-23-12-11-22-16-35(24(17-37)18-38)14-13-25(22)21(23)3/h5-12,15,24,37-38H,4,13-14,16-19H2,1-3H3,(H,39,40). The molecule has 0 radical (unpaired) electrons. The molecule has 220 valence electrons. The van der Waals surface area contributed by atoms with E-state index in [1.807, 2.05) is 37.3 Å². The van der Waals surface area contributed by atoms with Gasteiger partial charge in [-0.15, -0.1) is 0 Å². The van der Waals surface area contributed by atoms with Crippen molar-refractivity contribution in [1.82, 2.24) is 19.7 Å². The fourth-order valence-electron chi connectivity index (χ4n) is 5.48. The number of carbonyl (C=O) groups is 1. The quantitative estimate of drug-likeness (QED) is 0.245. The molecule has 3 heterocycles. The second-order valence-electron chi connectivity index (χ2n) is 10.4. The first-order valence-electron chi connectivity index (χ1n) is 14.1. The van der Waals surface area contributed by atoms with Crippen LogP contribution in [-0.2, 0) is 19.6 Å². The Morgan fingerprint density at radius 1 is 1.05 bits per heavy atom. The number of benzene rings is 2. The lowest BCUT2D eigenvalue weighted by atomic mass is 9.91. The Hall–Kier alpha value is -4.25. The first-order chi connectivity index (χ1) is 20.4. The maximum absolute atomic E-state index is 11.7.